The number of hydrogen-bond acceptors (Lipinski definition) is 3. The van der Waals surface area contributed by atoms with Crippen molar-refractivity contribution in [2.45, 2.75) is 26.8 Å². The molecule has 4 heteroatoms. The van der Waals surface area contributed by atoms with Gasteiger partial charge in [-0.2, -0.15) is 0 Å². The van der Waals surface area contributed by atoms with Gasteiger partial charge in [0.1, 0.15) is 0 Å². The number of benzene rings is 1. The van der Waals surface area contributed by atoms with E-state index in [1.54, 1.807) is 6.20 Å². The highest BCUT2D eigenvalue weighted by atomic mass is 79.9. The van der Waals surface area contributed by atoms with Gasteiger partial charge < -0.3 is 0 Å². The fourth-order valence-corrected chi connectivity index (χ4v) is 2.42. The smallest absolute Gasteiger partial charge is 0.0884 e. The van der Waals surface area contributed by atoms with E-state index in [0.717, 1.165) is 10.2 Å². The minimum atomic E-state index is -0.0904. The van der Waals surface area contributed by atoms with Crippen LogP contribution < -0.4 is 11.3 Å². The Labute approximate surface area is 122 Å². The lowest BCUT2D eigenvalue weighted by Crippen LogP contribution is -2.30. The molecule has 1 aromatic carbocycles. The number of rotatable bonds is 3. The van der Waals surface area contributed by atoms with Crippen molar-refractivity contribution < 1.29 is 0 Å². The second-order valence-corrected chi connectivity index (χ2v) is 5.71. The Morgan fingerprint density at radius 3 is 2.37 bits per heavy atom. The van der Waals surface area contributed by atoms with Crippen LogP contribution in [0.25, 0.3) is 0 Å². The molecule has 1 unspecified atom stereocenters. The second kappa shape index (κ2) is 5.82. The quantitative estimate of drug-likeness (QED) is 0.674. The minimum Gasteiger partial charge on any atom is -0.271 e. The van der Waals surface area contributed by atoms with Gasteiger partial charge in [0.05, 0.1) is 11.7 Å². The lowest BCUT2D eigenvalue weighted by molar-refractivity contribution is 0.617. The first-order chi connectivity index (χ1) is 9.02. The summed E-state index contributed by atoms with van der Waals surface area (Å²) >= 11 is 3.39. The SMILES string of the molecule is Cc1cc(C)c(C(NN)c2ccc(Br)cn2)cc1C. The van der Waals surface area contributed by atoms with Gasteiger partial charge in [-0.05, 0) is 71.1 Å². The van der Waals surface area contributed by atoms with Gasteiger partial charge in [-0.15, -0.1) is 0 Å². The highest BCUT2D eigenvalue weighted by Crippen LogP contribution is 2.26. The third-order valence-corrected chi connectivity index (χ3v) is 3.88. The van der Waals surface area contributed by atoms with Crippen molar-refractivity contribution in [2.24, 2.45) is 5.84 Å². The van der Waals surface area contributed by atoms with E-state index in [1.165, 1.54) is 22.3 Å². The van der Waals surface area contributed by atoms with Crippen LogP contribution in [0.3, 0.4) is 0 Å². The molecule has 0 radical (unpaired) electrons. The zero-order valence-corrected chi connectivity index (χ0v) is 13.0. The molecular formula is C15H18BrN3. The van der Waals surface area contributed by atoms with E-state index in [-0.39, 0.29) is 6.04 Å². The molecule has 0 saturated heterocycles. The van der Waals surface area contributed by atoms with Crippen molar-refractivity contribution in [1.82, 2.24) is 10.4 Å². The summed E-state index contributed by atoms with van der Waals surface area (Å²) in [7, 11) is 0. The molecule has 3 nitrogen and oxygen atoms in total. The van der Waals surface area contributed by atoms with E-state index in [2.05, 4.69) is 59.2 Å². The summed E-state index contributed by atoms with van der Waals surface area (Å²) in [6.07, 6.45) is 1.79. The molecule has 100 valence electrons. The maximum absolute atomic E-state index is 5.73. The standard InChI is InChI=1S/C15H18BrN3/c1-9-6-11(3)13(7-10(9)2)15(19-17)14-5-4-12(16)8-18-14/h4-8,15,19H,17H2,1-3H3. The van der Waals surface area contributed by atoms with Gasteiger partial charge >= 0.3 is 0 Å². The monoisotopic (exact) mass is 319 g/mol. The van der Waals surface area contributed by atoms with Crippen LogP contribution >= 0.6 is 15.9 Å². The Morgan fingerprint density at radius 2 is 1.79 bits per heavy atom. The van der Waals surface area contributed by atoms with E-state index in [1.807, 2.05) is 12.1 Å². The average Bonchev–Trinajstić information content (AvgIpc) is 2.38. The number of hydrogen-bond donors (Lipinski definition) is 2. The van der Waals surface area contributed by atoms with Crippen LogP contribution in [-0.2, 0) is 0 Å². The van der Waals surface area contributed by atoms with Crippen molar-refractivity contribution >= 4 is 15.9 Å². The third kappa shape index (κ3) is 3.03. The Bertz CT molecular complexity index is 579. The predicted octanol–water partition coefficient (Wildman–Crippen LogP) is 3.32. The number of nitrogens with zero attached hydrogens (tertiary/aromatic N) is 1. The number of aryl methyl sites for hydroxylation is 3. The van der Waals surface area contributed by atoms with Gasteiger partial charge in [0.2, 0.25) is 0 Å². The van der Waals surface area contributed by atoms with Gasteiger partial charge in [-0.1, -0.05) is 12.1 Å². The van der Waals surface area contributed by atoms with Crippen molar-refractivity contribution in [3.8, 4) is 0 Å². The molecular weight excluding hydrogens is 302 g/mol. The van der Waals surface area contributed by atoms with E-state index in [9.17, 15) is 0 Å². The third-order valence-electron chi connectivity index (χ3n) is 3.41. The van der Waals surface area contributed by atoms with Crippen molar-refractivity contribution in [1.29, 1.82) is 0 Å². The molecule has 19 heavy (non-hydrogen) atoms. The van der Waals surface area contributed by atoms with E-state index in [0.29, 0.717) is 0 Å². The first-order valence-electron chi connectivity index (χ1n) is 6.18. The topological polar surface area (TPSA) is 50.9 Å². The number of nitrogens with two attached hydrogens (primary N) is 1. The zero-order chi connectivity index (χ0) is 14.0. The summed E-state index contributed by atoms with van der Waals surface area (Å²) in [5.41, 5.74) is 8.72. The van der Waals surface area contributed by atoms with Crippen LogP contribution in [0.1, 0.15) is 34.0 Å². The highest BCUT2D eigenvalue weighted by Gasteiger charge is 2.16. The maximum atomic E-state index is 5.73. The van der Waals surface area contributed by atoms with Crippen molar-refractivity contribution in [2.75, 3.05) is 0 Å². The number of nitrogens with one attached hydrogen (secondary N) is 1. The molecule has 0 bridgehead atoms. The molecule has 2 aromatic rings. The second-order valence-electron chi connectivity index (χ2n) is 4.79. The fraction of sp³-hybridized carbons (Fsp3) is 0.267. The molecule has 0 spiro atoms. The average molecular weight is 320 g/mol. The van der Waals surface area contributed by atoms with Crippen molar-refractivity contribution in [3.63, 3.8) is 0 Å². The van der Waals surface area contributed by atoms with E-state index >= 15 is 0 Å². The number of hydrazine groups is 1. The first kappa shape index (κ1) is 14.2. The Balaban J connectivity index is 2.47. The first-order valence-corrected chi connectivity index (χ1v) is 6.97. The summed E-state index contributed by atoms with van der Waals surface area (Å²) in [6, 6.07) is 8.23. The zero-order valence-electron chi connectivity index (χ0n) is 11.4. The Kier molecular flexibility index (Phi) is 4.34. The molecule has 2 rings (SSSR count). The molecule has 0 amide bonds. The minimum absolute atomic E-state index is 0.0904. The molecule has 3 N–H and O–H groups in total. The predicted molar refractivity (Wildman–Crippen MR) is 81.8 cm³/mol. The summed E-state index contributed by atoms with van der Waals surface area (Å²) in [4.78, 5) is 4.43. The Morgan fingerprint density at radius 1 is 1.11 bits per heavy atom. The molecule has 0 aliphatic heterocycles. The summed E-state index contributed by atoms with van der Waals surface area (Å²) in [5, 5.41) is 0. The van der Waals surface area contributed by atoms with Crippen molar-refractivity contribution in [3.05, 3.63) is 62.9 Å². The van der Waals surface area contributed by atoms with Crippen LogP contribution in [0.15, 0.2) is 34.9 Å². The summed E-state index contributed by atoms with van der Waals surface area (Å²) in [5.74, 6) is 5.73. The van der Waals surface area contributed by atoms with E-state index < -0.39 is 0 Å². The van der Waals surface area contributed by atoms with Gasteiger partial charge in [0, 0.05) is 10.7 Å². The normalized spacial score (nSPS) is 12.5. The Hall–Kier alpha value is -1.23. The number of halogens is 1. The molecule has 0 aliphatic rings. The summed E-state index contributed by atoms with van der Waals surface area (Å²) in [6.45, 7) is 6.33. The van der Waals surface area contributed by atoms with Gasteiger partial charge in [-0.25, -0.2) is 5.43 Å². The van der Waals surface area contributed by atoms with Crippen LogP contribution in [0.4, 0.5) is 0 Å². The van der Waals surface area contributed by atoms with Gasteiger partial charge in [-0.3, -0.25) is 10.8 Å². The van der Waals surface area contributed by atoms with Crippen LogP contribution in [0.2, 0.25) is 0 Å². The summed E-state index contributed by atoms with van der Waals surface area (Å²) < 4.78 is 0.962. The molecule has 0 aliphatic carbocycles. The molecule has 1 heterocycles. The lowest BCUT2D eigenvalue weighted by atomic mass is 9.94. The van der Waals surface area contributed by atoms with Crippen LogP contribution in [-0.4, -0.2) is 4.98 Å². The lowest BCUT2D eigenvalue weighted by Gasteiger charge is -2.19. The molecule has 0 saturated carbocycles. The van der Waals surface area contributed by atoms with Crippen LogP contribution in [0, 0.1) is 20.8 Å². The van der Waals surface area contributed by atoms with Gasteiger partial charge in [0.25, 0.3) is 0 Å². The largest absolute Gasteiger partial charge is 0.271 e. The fourth-order valence-electron chi connectivity index (χ4n) is 2.19. The van der Waals surface area contributed by atoms with Gasteiger partial charge in [0.15, 0.2) is 0 Å². The molecule has 0 fully saturated rings. The van der Waals surface area contributed by atoms with Crippen LogP contribution in [0.5, 0.6) is 0 Å². The number of pyridine rings is 1. The number of aromatic nitrogens is 1. The maximum Gasteiger partial charge on any atom is 0.0884 e. The molecule has 1 atom stereocenters. The van der Waals surface area contributed by atoms with E-state index in [4.69, 9.17) is 5.84 Å². The highest BCUT2D eigenvalue weighted by molar-refractivity contribution is 9.10. The molecule has 1 aromatic heterocycles.